The Labute approximate surface area is 272 Å². The number of ketones is 1. The lowest BCUT2D eigenvalue weighted by atomic mass is 9.89. The number of fused-ring (bicyclic) bond motifs is 4. The number of ether oxygens (including phenoxy) is 4. The third-order valence-corrected chi connectivity index (χ3v) is 14.4. The number of esters is 1. The van der Waals surface area contributed by atoms with Crippen LogP contribution in [0.3, 0.4) is 0 Å². The standard InChI is InChI=1S/C32H40BrN3O8Si/c1-31(2,3)45(9,10)44-20-13-19-22(23-25(20)35-32(4,28(23)37)30(39)43-8)17(14-33)15-36(19)29(38)18-11-16-12-21(40-5)26(41-6)27(42-7)24(16)34-18/h11-13,17,34-35H,14-15H2,1-10H3. The van der Waals surface area contributed by atoms with Gasteiger partial charge in [-0.1, -0.05) is 36.7 Å². The van der Waals surface area contributed by atoms with Gasteiger partial charge in [0.25, 0.3) is 14.2 Å². The van der Waals surface area contributed by atoms with Gasteiger partial charge in [-0.25, -0.2) is 4.79 Å². The first-order valence-electron chi connectivity index (χ1n) is 14.6. The Morgan fingerprint density at radius 1 is 1.04 bits per heavy atom. The number of aromatic nitrogens is 1. The molecule has 11 nitrogen and oxygen atoms in total. The molecular weight excluding hydrogens is 662 g/mol. The van der Waals surface area contributed by atoms with Crippen molar-refractivity contribution in [2.75, 3.05) is 50.5 Å². The van der Waals surface area contributed by atoms with E-state index in [1.165, 1.54) is 35.4 Å². The average Bonchev–Trinajstić information content (AvgIpc) is 3.66. The maximum Gasteiger partial charge on any atom is 0.339 e. The second kappa shape index (κ2) is 11.3. The van der Waals surface area contributed by atoms with Crippen LogP contribution in [0, 0.1) is 0 Å². The van der Waals surface area contributed by atoms with Crippen LogP contribution in [-0.2, 0) is 9.53 Å². The molecule has 3 aromatic rings. The minimum absolute atomic E-state index is 0.160. The van der Waals surface area contributed by atoms with Gasteiger partial charge in [0.15, 0.2) is 17.0 Å². The van der Waals surface area contributed by atoms with Gasteiger partial charge >= 0.3 is 5.97 Å². The van der Waals surface area contributed by atoms with Crippen LogP contribution in [0.25, 0.3) is 10.9 Å². The Morgan fingerprint density at radius 3 is 2.27 bits per heavy atom. The van der Waals surface area contributed by atoms with Gasteiger partial charge in [0.05, 0.1) is 50.9 Å². The molecule has 2 N–H and O–H groups in total. The normalized spacial score (nSPS) is 19.2. The summed E-state index contributed by atoms with van der Waals surface area (Å²) in [6.07, 6.45) is 0. The van der Waals surface area contributed by atoms with Gasteiger partial charge in [-0.3, -0.25) is 9.59 Å². The van der Waals surface area contributed by atoms with E-state index in [1.807, 2.05) is 6.07 Å². The van der Waals surface area contributed by atoms with Gasteiger partial charge in [0.1, 0.15) is 11.4 Å². The van der Waals surface area contributed by atoms with Gasteiger partial charge in [0.2, 0.25) is 11.5 Å². The number of rotatable bonds is 8. The molecule has 1 amide bonds. The van der Waals surface area contributed by atoms with E-state index in [1.54, 1.807) is 17.0 Å². The summed E-state index contributed by atoms with van der Waals surface area (Å²) in [6.45, 7) is 12.4. The molecule has 2 aromatic carbocycles. The zero-order valence-electron chi connectivity index (χ0n) is 27.3. The molecule has 0 spiro atoms. The Hall–Kier alpha value is -3.71. The number of hydrogen-bond donors (Lipinski definition) is 2. The zero-order valence-corrected chi connectivity index (χ0v) is 29.9. The molecule has 3 heterocycles. The van der Waals surface area contributed by atoms with Crippen LogP contribution >= 0.6 is 15.9 Å². The molecule has 5 rings (SSSR count). The number of carbonyl (C=O) groups is 3. The van der Waals surface area contributed by atoms with Crippen LogP contribution in [0.2, 0.25) is 18.1 Å². The van der Waals surface area contributed by atoms with Gasteiger partial charge in [0, 0.05) is 29.2 Å². The third-order valence-electron chi connectivity index (χ3n) is 9.31. The summed E-state index contributed by atoms with van der Waals surface area (Å²) in [5.74, 6) is 0.0544. The number of halogens is 1. The van der Waals surface area contributed by atoms with Gasteiger partial charge in [-0.05, 0) is 42.8 Å². The Bertz CT molecular complexity index is 1730. The summed E-state index contributed by atoms with van der Waals surface area (Å²) in [5.41, 5.74) is 1.29. The van der Waals surface area contributed by atoms with E-state index >= 15 is 0 Å². The first kappa shape index (κ1) is 32.7. The summed E-state index contributed by atoms with van der Waals surface area (Å²) >= 11 is 3.61. The van der Waals surface area contributed by atoms with E-state index < -0.39 is 25.6 Å². The fraction of sp³-hybridized carbons (Fsp3) is 0.469. The lowest BCUT2D eigenvalue weighted by molar-refractivity contribution is -0.143. The summed E-state index contributed by atoms with van der Waals surface area (Å²) in [7, 11) is 3.39. The molecule has 2 atom stereocenters. The van der Waals surface area contributed by atoms with Crippen molar-refractivity contribution in [2.45, 2.75) is 57.3 Å². The van der Waals surface area contributed by atoms with Gasteiger partial charge in [-0.15, -0.1) is 0 Å². The van der Waals surface area contributed by atoms with E-state index in [0.29, 0.717) is 74.0 Å². The number of carbonyl (C=O) groups excluding carboxylic acids is 3. The number of nitrogens with zero attached hydrogens (tertiary/aromatic N) is 1. The van der Waals surface area contributed by atoms with Crippen LogP contribution in [0.15, 0.2) is 18.2 Å². The monoisotopic (exact) mass is 701 g/mol. The van der Waals surface area contributed by atoms with Gasteiger partial charge in [-0.2, -0.15) is 0 Å². The van der Waals surface area contributed by atoms with E-state index in [0.717, 1.165) is 0 Å². The Morgan fingerprint density at radius 2 is 1.71 bits per heavy atom. The van der Waals surface area contributed by atoms with Crippen LogP contribution in [0.5, 0.6) is 23.0 Å². The molecule has 2 aliphatic heterocycles. The maximum atomic E-state index is 14.3. The largest absolute Gasteiger partial charge is 0.542 e. The number of hydrogen-bond acceptors (Lipinski definition) is 9. The van der Waals surface area contributed by atoms with E-state index in [2.05, 4.69) is 60.1 Å². The maximum absolute atomic E-state index is 14.3. The number of nitrogens with one attached hydrogen (secondary N) is 2. The summed E-state index contributed by atoms with van der Waals surface area (Å²) in [4.78, 5) is 46.3. The van der Waals surface area contributed by atoms with Crippen molar-refractivity contribution in [3.63, 3.8) is 0 Å². The topological polar surface area (TPSA) is 128 Å². The number of benzene rings is 2. The van der Waals surface area contributed by atoms with Crippen LogP contribution in [0.4, 0.5) is 11.4 Å². The highest BCUT2D eigenvalue weighted by Gasteiger charge is 2.54. The molecule has 0 fully saturated rings. The van der Waals surface area contributed by atoms with Crippen LogP contribution in [-0.4, -0.2) is 76.8 Å². The third kappa shape index (κ3) is 4.94. The van der Waals surface area contributed by atoms with Crippen molar-refractivity contribution in [3.05, 3.63) is 35.0 Å². The molecule has 0 aliphatic carbocycles. The number of H-pyrrole nitrogens is 1. The molecule has 13 heteroatoms. The molecule has 1 aromatic heterocycles. The number of Topliss-reactive ketones (excluding diaryl/α,β-unsaturated/α-hetero) is 1. The van der Waals surface area contributed by atoms with E-state index in [-0.39, 0.29) is 16.9 Å². The van der Waals surface area contributed by atoms with Crippen molar-refractivity contribution >= 4 is 64.2 Å². The fourth-order valence-electron chi connectivity index (χ4n) is 5.80. The highest BCUT2D eigenvalue weighted by Crippen LogP contribution is 2.53. The molecule has 0 saturated carbocycles. The Balaban J connectivity index is 1.70. The van der Waals surface area contributed by atoms with Crippen molar-refractivity contribution in [2.24, 2.45) is 0 Å². The summed E-state index contributed by atoms with van der Waals surface area (Å²) in [6, 6.07) is 5.34. The van der Waals surface area contributed by atoms with Crippen molar-refractivity contribution < 1.29 is 37.8 Å². The van der Waals surface area contributed by atoms with E-state index in [4.69, 9.17) is 23.4 Å². The summed E-state index contributed by atoms with van der Waals surface area (Å²) < 4.78 is 28.5. The SMILES string of the molecule is COC(=O)C1(C)Nc2c(O[Si](C)(C)C(C)(C)C)cc3c(c2C1=O)C(CBr)CN3C(=O)c1cc2cc(OC)c(OC)c(OC)c2[nH]1. The van der Waals surface area contributed by atoms with Crippen LogP contribution in [0.1, 0.15) is 60.0 Å². The lowest BCUT2D eigenvalue weighted by Gasteiger charge is -2.37. The first-order chi connectivity index (χ1) is 21.1. The number of methoxy groups -OCH3 is 4. The van der Waals surface area contributed by atoms with Crippen molar-refractivity contribution in [1.29, 1.82) is 0 Å². The first-order valence-corrected chi connectivity index (χ1v) is 18.6. The second-order valence-electron chi connectivity index (χ2n) is 13.1. The molecule has 242 valence electrons. The van der Waals surface area contributed by atoms with E-state index in [9.17, 15) is 14.4 Å². The number of alkyl halides is 1. The molecule has 2 aliphatic rings. The highest BCUT2D eigenvalue weighted by atomic mass is 79.9. The zero-order chi connectivity index (χ0) is 33.2. The smallest absolute Gasteiger partial charge is 0.339 e. The highest BCUT2D eigenvalue weighted by molar-refractivity contribution is 9.09. The van der Waals surface area contributed by atoms with Crippen molar-refractivity contribution in [1.82, 2.24) is 4.98 Å². The molecule has 45 heavy (non-hydrogen) atoms. The minimum Gasteiger partial charge on any atom is -0.542 e. The number of anilines is 2. The minimum atomic E-state index is -2.44. The lowest BCUT2D eigenvalue weighted by Crippen LogP contribution is -2.47. The second-order valence-corrected chi connectivity index (χ2v) is 18.4. The molecule has 0 saturated heterocycles. The molecule has 2 unspecified atom stereocenters. The molecule has 0 bridgehead atoms. The van der Waals surface area contributed by atoms with Gasteiger partial charge < -0.3 is 38.6 Å². The number of amides is 1. The number of aromatic amines is 1. The quantitative estimate of drug-likeness (QED) is 0.121. The predicted molar refractivity (Wildman–Crippen MR) is 179 cm³/mol. The summed E-state index contributed by atoms with van der Waals surface area (Å²) in [5, 5.41) is 4.19. The predicted octanol–water partition coefficient (Wildman–Crippen LogP) is 6.26. The average molecular weight is 703 g/mol. The Kier molecular flexibility index (Phi) is 8.18. The fourth-order valence-corrected chi connectivity index (χ4v) is 7.35. The van der Waals surface area contributed by atoms with Crippen molar-refractivity contribution in [3.8, 4) is 23.0 Å². The molecular formula is C32H40BrN3O8Si. The van der Waals surface area contributed by atoms with Crippen LogP contribution < -0.4 is 28.9 Å². The molecule has 0 radical (unpaired) electrons.